The summed E-state index contributed by atoms with van der Waals surface area (Å²) in [6, 6.07) is 0. The number of esters is 3. The number of rotatable bonds is 5. The summed E-state index contributed by atoms with van der Waals surface area (Å²) in [5.74, 6) is -1.53. The third-order valence-corrected chi connectivity index (χ3v) is 5.09. The lowest BCUT2D eigenvalue weighted by Crippen LogP contribution is -2.37. The van der Waals surface area contributed by atoms with Gasteiger partial charge in [0.1, 0.15) is 12.2 Å². The van der Waals surface area contributed by atoms with Gasteiger partial charge in [-0.25, -0.2) is 4.79 Å². The number of fused-ring (bicyclic) bond motifs is 2. The van der Waals surface area contributed by atoms with E-state index in [-0.39, 0.29) is 40.7 Å². The Morgan fingerprint density at radius 3 is 2.38 bits per heavy atom. The predicted octanol–water partition coefficient (Wildman–Crippen LogP) is 3.27. The lowest BCUT2D eigenvalue weighted by Gasteiger charge is -2.33. The molecule has 6 nitrogen and oxygen atoms in total. The van der Waals surface area contributed by atoms with Crippen molar-refractivity contribution in [3.05, 3.63) is 0 Å². The van der Waals surface area contributed by atoms with Crippen LogP contribution in [0.3, 0.4) is 0 Å². The molecule has 2 bridgehead atoms. The molecule has 6 heteroatoms. The Bertz CT molecular complexity index is 554. The van der Waals surface area contributed by atoms with Gasteiger partial charge in [0, 0.05) is 6.42 Å². The van der Waals surface area contributed by atoms with Crippen LogP contribution in [0.2, 0.25) is 0 Å². The predicted molar refractivity (Wildman–Crippen MR) is 95.1 cm³/mol. The van der Waals surface area contributed by atoms with E-state index in [2.05, 4.69) is 20.8 Å². The van der Waals surface area contributed by atoms with E-state index < -0.39 is 18.7 Å². The fourth-order valence-electron chi connectivity index (χ4n) is 3.61. The monoisotopic (exact) mass is 368 g/mol. The zero-order valence-corrected chi connectivity index (χ0v) is 16.8. The Labute approximate surface area is 155 Å². The molecule has 1 saturated heterocycles. The van der Waals surface area contributed by atoms with Gasteiger partial charge in [-0.15, -0.1) is 0 Å². The van der Waals surface area contributed by atoms with Crippen molar-refractivity contribution in [2.45, 2.75) is 79.4 Å². The molecule has 0 aromatic rings. The fraction of sp³-hybridized carbons (Fsp3) is 0.850. The van der Waals surface area contributed by atoms with Crippen LogP contribution in [-0.4, -0.2) is 36.7 Å². The minimum Gasteiger partial charge on any atom is -0.458 e. The molecule has 2 fully saturated rings. The maximum Gasteiger partial charge on any atom is 0.344 e. The highest BCUT2D eigenvalue weighted by atomic mass is 16.6. The van der Waals surface area contributed by atoms with Crippen LogP contribution in [0.25, 0.3) is 0 Å². The molecule has 0 radical (unpaired) electrons. The van der Waals surface area contributed by atoms with Crippen LogP contribution < -0.4 is 0 Å². The van der Waals surface area contributed by atoms with E-state index in [0.29, 0.717) is 25.7 Å². The van der Waals surface area contributed by atoms with Crippen LogP contribution in [0.5, 0.6) is 0 Å². The van der Waals surface area contributed by atoms with Crippen molar-refractivity contribution in [2.24, 2.45) is 22.7 Å². The minimum absolute atomic E-state index is 0.0253. The number of hydrogen-bond donors (Lipinski definition) is 0. The minimum atomic E-state index is -0.590. The van der Waals surface area contributed by atoms with E-state index in [4.69, 9.17) is 14.2 Å². The molecule has 1 saturated carbocycles. The molecule has 0 N–H and O–H groups in total. The first kappa shape index (κ1) is 20.7. The third-order valence-electron chi connectivity index (χ3n) is 5.09. The van der Waals surface area contributed by atoms with Gasteiger partial charge in [-0.1, -0.05) is 41.5 Å². The molecule has 0 aromatic carbocycles. The lowest BCUT2D eigenvalue weighted by atomic mass is 9.72. The highest BCUT2D eigenvalue weighted by Gasteiger charge is 2.45. The maximum absolute atomic E-state index is 12.5. The molecule has 148 valence electrons. The number of carbonyl (C=O) groups is 3. The molecule has 0 spiro atoms. The van der Waals surface area contributed by atoms with E-state index in [1.54, 1.807) is 0 Å². The molecule has 0 amide bonds. The van der Waals surface area contributed by atoms with Gasteiger partial charge in [0.05, 0.1) is 11.8 Å². The Morgan fingerprint density at radius 1 is 1.15 bits per heavy atom. The average Bonchev–Trinajstić information content (AvgIpc) is 2.79. The van der Waals surface area contributed by atoms with Crippen LogP contribution in [-0.2, 0) is 28.6 Å². The summed E-state index contributed by atoms with van der Waals surface area (Å²) in [6.45, 7) is 11.8. The van der Waals surface area contributed by atoms with Crippen LogP contribution in [0.1, 0.15) is 67.2 Å². The van der Waals surface area contributed by atoms with Crippen molar-refractivity contribution in [3.8, 4) is 0 Å². The van der Waals surface area contributed by atoms with Crippen molar-refractivity contribution in [1.29, 1.82) is 0 Å². The smallest absolute Gasteiger partial charge is 0.344 e. The zero-order valence-electron chi connectivity index (χ0n) is 16.8. The molecule has 26 heavy (non-hydrogen) atoms. The number of hydrogen-bond acceptors (Lipinski definition) is 6. The van der Waals surface area contributed by atoms with Crippen molar-refractivity contribution in [3.63, 3.8) is 0 Å². The quantitative estimate of drug-likeness (QED) is 0.547. The first-order valence-corrected chi connectivity index (χ1v) is 9.43. The van der Waals surface area contributed by atoms with Crippen molar-refractivity contribution in [1.82, 2.24) is 0 Å². The standard InChI is InChI=1S/C20H32O6/c1-19(2,3)10-13(20(4,5)6)18(23)24-11-16(21)25-14-8-7-12-9-15(14)26-17(12)22/h12-15H,7-11H2,1-6H3. The molecule has 1 aliphatic heterocycles. The van der Waals surface area contributed by atoms with Crippen LogP contribution in [0, 0.1) is 22.7 Å². The van der Waals surface area contributed by atoms with Gasteiger partial charge in [0.15, 0.2) is 6.61 Å². The maximum atomic E-state index is 12.5. The lowest BCUT2D eigenvalue weighted by molar-refractivity contribution is -0.172. The normalized spacial score (nSPS) is 26.8. The second-order valence-electron chi connectivity index (χ2n) is 9.80. The van der Waals surface area contributed by atoms with E-state index in [9.17, 15) is 14.4 Å². The number of carbonyl (C=O) groups excluding carboxylic acids is 3. The largest absolute Gasteiger partial charge is 0.458 e. The van der Waals surface area contributed by atoms with Crippen molar-refractivity contribution < 1.29 is 28.6 Å². The van der Waals surface area contributed by atoms with Gasteiger partial charge in [0.2, 0.25) is 0 Å². The van der Waals surface area contributed by atoms with Gasteiger partial charge < -0.3 is 14.2 Å². The Kier molecular flexibility index (Phi) is 6.03. The molecular weight excluding hydrogens is 336 g/mol. The molecule has 2 rings (SSSR count). The van der Waals surface area contributed by atoms with Gasteiger partial charge in [0.25, 0.3) is 0 Å². The SMILES string of the molecule is CC(C)(C)CC(C(=O)OCC(=O)OC1CCC2CC1OC2=O)C(C)(C)C. The van der Waals surface area contributed by atoms with Crippen LogP contribution in [0.15, 0.2) is 0 Å². The Morgan fingerprint density at radius 2 is 1.81 bits per heavy atom. The molecule has 4 atom stereocenters. The number of ether oxygens (including phenoxy) is 3. The van der Waals surface area contributed by atoms with Gasteiger partial charge in [-0.2, -0.15) is 0 Å². The van der Waals surface area contributed by atoms with E-state index in [1.807, 2.05) is 20.8 Å². The Hall–Kier alpha value is -1.59. The molecule has 0 aromatic heterocycles. The summed E-state index contributed by atoms with van der Waals surface area (Å²) in [5, 5.41) is 0. The van der Waals surface area contributed by atoms with E-state index >= 15 is 0 Å². The van der Waals surface area contributed by atoms with Gasteiger partial charge in [-0.05, 0) is 30.1 Å². The summed E-state index contributed by atoms with van der Waals surface area (Å²) in [5.41, 5.74) is -0.285. The van der Waals surface area contributed by atoms with Crippen LogP contribution >= 0.6 is 0 Å². The first-order valence-electron chi connectivity index (χ1n) is 9.43. The van der Waals surface area contributed by atoms with Gasteiger partial charge >= 0.3 is 17.9 Å². The van der Waals surface area contributed by atoms with Crippen molar-refractivity contribution >= 4 is 17.9 Å². The molecular formula is C20H32O6. The average molecular weight is 368 g/mol. The van der Waals surface area contributed by atoms with Gasteiger partial charge in [-0.3, -0.25) is 9.59 Å². The summed E-state index contributed by atoms with van der Waals surface area (Å²) in [6.07, 6.45) is 1.77. The first-order chi connectivity index (χ1) is 11.9. The molecule has 4 unspecified atom stereocenters. The highest BCUT2D eigenvalue weighted by molar-refractivity contribution is 5.78. The molecule has 2 aliphatic rings. The summed E-state index contributed by atoms with van der Waals surface area (Å²) < 4.78 is 15.9. The fourth-order valence-corrected chi connectivity index (χ4v) is 3.61. The molecule has 1 heterocycles. The highest BCUT2D eigenvalue weighted by Crippen LogP contribution is 2.37. The third kappa shape index (κ3) is 5.45. The summed E-state index contributed by atoms with van der Waals surface area (Å²) in [7, 11) is 0. The summed E-state index contributed by atoms with van der Waals surface area (Å²) in [4.78, 5) is 36.2. The summed E-state index contributed by atoms with van der Waals surface area (Å²) >= 11 is 0. The topological polar surface area (TPSA) is 78.9 Å². The van der Waals surface area contributed by atoms with Crippen molar-refractivity contribution in [2.75, 3.05) is 6.61 Å². The molecule has 1 aliphatic carbocycles. The second-order valence-corrected chi connectivity index (χ2v) is 9.80. The second kappa shape index (κ2) is 7.57. The zero-order chi connectivity index (χ0) is 19.7. The van der Waals surface area contributed by atoms with E-state index in [0.717, 1.165) is 0 Å². The Balaban J connectivity index is 1.85. The van der Waals surface area contributed by atoms with E-state index in [1.165, 1.54) is 0 Å². The van der Waals surface area contributed by atoms with Crippen LogP contribution in [0.4, 0.5) is 0 Å².